The Balaban J connectivity index is 1.76. The second kappa shape index (κ2) is 10.0. The predicted molar refractivity (Wildman–Crippen MR) is 133 cm³/mol. The monoisotopic (exact) mass is 497 g/mol. The lowest BCUT2D eigenvalue weighted by Gasteiger charge is -2.40. The van der Waals surface area contributed by atoms with Crippen molar-refractivity contribution < 1.29 is 22.8 Å². The van der Waals surface area contributed by atoms with Gasteiger partial charge in [0.25, 0.3) is 0 Å². The van der Waals surface area contributed by atoms with Gasteiger partial charge in [-0.25, -0.2) is 13.2 Å². The zero-order valence-corrected chi connectivity index (χ0v) is 20.2. The summed E-state index contributed by atoms with van der Waals surface area (Å²) in [6, 6.07) is 6.18. The average Bonchev–Trinajstić information content (AvgIpc) is 2.84. The smallest absolute Gasteiger partial charge is 0.219 e. The summed E-state index contributed by atoms with van der Waals surface area (Å²) in [4.78, 5) is 40.9. The number of fused-ring (bicyclic) bond motifs is 1. The largest absolute Gasteiger partial charge is 0.363 e. The van der Waals surface area contributed by atoms with E-state index in [-0.39, 0.29) is 53.7 Å². The molecule has 0 N–H and O–H groups in total. The van der Waals surface area contributed by atoms with E-state index in [9.17, 15) is 18.8 Å². The lowest BCUT2D eigenvalue weighted by atomic mass is 10.0. The number of hydrogen-bond donors (Lipinski definition) is 0. The van der Waals surface area contributed by atoms with Gasteiger partial charge in [0, 0.05) is 45.3 Å². The van der Waals surface area contributed by atoms with Crippen molar-refractivity contribution in [2.24, 2.45) is 0 Å². The van der Waals surface area contributed by atoms with Crippen molar-refractivity contribution in [2.45, 2.75) is 33.4 Å². The van der Waals surface area contributed by atoms with Crippen LogP contribution in [-0.4, -0.2) is 46.8 Å². The molecule has 3 aromatic rings. The number of anilines is 1. The Morgan fingerprint density at radius 1 is 1.11 bits per heavy atom. The van der Waals surface area contributed by atoms with Crippen LogP contribution in [0.25, 0.3) is 17.0 Å². The molecule has 1 aliphatic rings. The number of ketones is 1. The minimum Gasteiger partial charge on any atom is -0.363 e. The highest BCUT2D eigenvalue weighted by Crippen LogP contribution is 2.31. The number of amides is 1. The number of aryl methyl sites for hydroxylation is 1. The highest BCUT2D eigenvalue weighted by molar-refractivity contribution is 6.08. The summed E-state index contributed by atoms with van der Waals surface area (Å²) < 4.78 is 45.6. The van der Waals surface area contributed by atoms with Crippen molar-refractivity contribution in [1.82, 2.24) is 9.47 Å². The summed E-state index contributed by atoms with van der Waals surface area (Å²) >= 11 is 0. The molecule has 9 heteroatoms. The number of hydrogen-bond acceptors (Lipinski definition) is 4. The number of halogens is 3. The molecule has 1 saturated heterocycles. The molecule has 0 bridgehead atoms. The number of allylic oxidation sites excluding steroid dienone is 1. The summed E-state index contributed by atoms with van der Waals surface area (Å²) in [5.74, 6) is -2.94. The summed E-state index contributed by atoms with van der Waals surface area (Å²) in [6.45, 7) is 6.02. The van der Waals surface area contributed by atoms with Crippen LogP contribution in [-0.2, 0) is 11.3 Å². The number of benzene rings is 2. The molecule has 2 aromatic carbocycles. The van der Waals surface area contributed by atoms with Gasteiger partial charge in [-0.1, -0.05) is 18.2 Å². The Labute approximate surface area is 206 Å². The quantitative estimate of drug-likeness (QED) is 0.388. The van der Waals surface area contributed by atoms with Crippen LogP contribution < -0.4 is 10.3 Å². The summed E-state index contributed by atoms with van der Waals surface area (Å²) in [6.07, 6.45) is 3.89. The van der Waals surface area contributed by atoms with Gasteiger partial charge in [-0.3, -0.25) is 14.4 Å². The number of rotatable bonds is 5. The first kappa shape index (κ1) is 25.2. The lowest BCUT2D eigenvalue weighted by Crippen LogP contribution is -2.54. The topological polar surface area (TPSA) is 62.6 Å². The average molecular weight is 498 g/mol. The zero-order chi connectivity index (χ0) is 26.1. The molecule has 188 valence electrons. The van der Waals surface area contributed by atoms with Gasteiger partial charge in [-0.2, -0.15) is 0 Å². The van der Waals surface area contributed by atoms with E-state index in [1.807, 2.05) is 6.92 Å². The molecule has 6 nitrogen and oxygen atoms in total. The van der Waals surface area contributed by atoms with Crippen LogP contribution in [0, 0.1) is 17.5 Å². The normalized spacial score (nSPS) is 16.2. The Kier molecular flexibility index (Phi) is 7.01. The van der Waals surface area contributed by atoms with E-state index in [0.29, 0.717) is 12.1 Å². The second-order valence-corrected chi connectivity index (χ2v) is 8.83. The van der Waals surface area contributed by atoms with Crippen molar-refractivity contribution in [1.29, 1.82) is 0 Å². The van der Waals surface area contributed by atoms with E-state index in [1.54, 1.807) is 16.7 Å². The maximum Gasteiger partial charge on any atom is 0.219 e. The standard InChI is InChI=1S/C27H26F3N3O3/c1-4-31-15-21(23(35)10-7-18-5-8-19(28)9-6-18)27(36)20-13-22(29)26(24(30)25(20)31)32-11-12-33(17(3)34)16(2)14-32/h5-10,13,15-16H,4,11-12,14H2,1-3H3/b10-7+. The number of carbonyl (C=O) groups is 2. The van der Waals surface area contributed by atoms with Crippen LogP contribution in [0.2, 0.25) is 0 Å². The van der Waals surface area contributed by atoms with Crippen LogP contribution in [0.5, 0.6) is 0 Å². The molecular formula is C27H26F3N3O3. The fraction of sp³-hybridized carbons (Fsp3) is 0.296. The fourth-order valence-electron chi connectivity index (χ4n) is 4.66. The van der Waals surface area contributed by atoms with Crippen molar-refractivity contribution >= 4 is 34.4 Å². The number of pyridine rings is 1. The van der Waals surface area contributed by atoms with Gasteiger partial charge in [-0.15, -0.1) is 0 Å². The van der Waals surface area contributed by atoms with Crippen molar-refractivity contribution in [3.05, 3.63) is 81.4 Å². The van der Waals surface area contributed by atoms with Crippen LogP contribution in [0.4, 0.5) is 18.9 Å². The predicted octanol–water partition coefficient (Wildman–Crippen LogP) is 4.39. The van der Waals surface area contributed by atoms with E-state index in [4.69, 9.17) is 0 Å². The van der Waals surface area contributed by atoms with Gasteiger partial charge in [0.1, 0.15) is 17.3 Å². The molecule has 0 aliphatic carbocycles. The summed E-state index contributed by atoms with van der Waals surface area (Å²) in [5, 5.41) is -0.230. The van der Waals surface area contributed by atoms with Gasteiger partial charge in [0.15, 0.2) is 11.6 Å². The summed E-state index contributed by atoms with van der Waals surface area (Å²) in [7, 11) is 0. The highest BCUT2D eigenvalue weighted by atomic mass is 19.1. The van der Waals surface area contributed by atoms with Crippen LogP contribution in [0.3, 0.4) is 0 Å². The van der Waals surface area contributed by atoms with Crippen LogP contribution in [0.1, 0.15) is 36.7 Å². The molecule has 4 rings (SSSR count). The summed E-state index contributed by atoms with van der Waals surface area (Å²) in [5.41, 5.74) is -0.781. The van der Waals surface area contributed by atoms with Crippen molar-refractivity contribution in [3.63, 3.8) is 0 Å². The molecule has 1 unspecified atom stereocenters. The fourth-order valence-corrected chi connectivity index (χ4v) is 4.66. The van der Waals surface area contributed by atoms with Gasteiger partial charge in [-0.05, 0) is 43.7 Å². The Hall–Kier alpha value is -3.88. The molecule has 36 heavy (non-hydrogen) atoms. The van der Waals surface area contributed by atoms with E-state index in [1.165, 1.54) is 54.1 Å². The Bertz CT molecular complexity index is 1430. The number of carbonyl (C=O) groups excluding carboxylic acids is 2. The molecule has 1 fully saturated rings. The first-order valence-corrected chi connectivity index (χ1v) is 11.7. The van der Waals surface area contributed by atoms with Crippen molar-refractivity contribution in [2.75, 3.05) is 24.5 Å². The third kappa shape index (κ3) is 4.65. The molecule has 1 aliphatic heterocycles. The van der Waals surface area contributed by atoms with E-state index in [2.05, 4.69) is 0 Å². The number of nitrogens with zero attached hydrogens (tertiary/aromatic N) is 3. The molecule has 1 aromatic heterocycles. The maximum atomic E-state index is 15.8. The first-order valence-electron chi connectivity index (χ1n) is 11.7. The van der Waals surface area contributed by atoms with Gasteiger partial charge < -0.3 is 14.4 Å². The third-order valence-corrected chi connectivity index (χ3v) is 6.48. The number of aromatic nitrogens is 1. The maximum absolute atomic E-state index is 15.8. The van der Waals surface area contributed by atoms with Crippen LogP contribution >= 0.6 is 0 Å². The van der Waals surface area contributed by atoms with Gasteiger partial charge >= 0.3 is 0 Å². The molecule has 2 heterocycles. The Morgan fingerprint density at radius 2 is 1.81 bits per heavy atom. The highest BCUT2D eigenvalue weighted by Gasteiger charge is 2.30. The molecule has 0 spiro atoms. The SMILES string of the molecule is CCn1cc(C(=O)/C=C/c2ccc(F)cc2)c(=O)c2cc(F)c(N3CCN(C(C)=O)C(C)C3)c(F)c21. The number of piperazine rings is 1. The molecular weight excluding hydrogens is 471 g/mol. The van der Waals surface area contributed by atoms with E-state index in [0.717, 1.165) is 6.07 Å². The molecule has 1 atom stereocenters. The second-order valence-electron chi connectivity index (χ2n) is 8.83. The van der Waals surface area contributed by atoms with Gasteiger partial charge in [0.2, 0.25) is 11.3 Å². The zero-order valence-electron chi connectivity index (χ0n) is 20.2. The molecule has 0 saturated carbocycles. The first-order chi connectivity index (χ1) is 17.1. The minimum atomic E-state index is -0.908. The molecule has 1 amide bonds. The van der Waals surface area contributed by atoms with Crippen LogP contribution in [0.15, 0.2) is 47.4 Å². The van der Waals surface area contributed by atoms with E-state index >= 15 is 8.78 Å². The van der Waals surface area contributed by atoms with Crippen molar-refractivity contribution in [3.8, 4) is 0 Å². The van der Waals surface area contributed by atoms with Gasteiger partial charge in [0.05, 0.1) is 16.5 Å². The Morgan fingerprint density at radius 3 is 2.42 bits per heavy atom. The minimum absolute atomic E-state index is 0.0837. The third-order valence-electron chi connectivity index (χ3n) is 6.48. The molecule has 0 radical (unpaired) electrons. The van der Waals surface area contributed by atoms with E-state index < -0.39 is 28.7 Å². The lowest BCUT2D eigenvalue weighted by molar-refractivity contribution is -0.131.